The van der Waals surface area contributed by atoms with Gasteiger partial charge < -0.3 is 9.88 Å². The largest absolute Gasteiger partial charge is 0.333 e. The number of nitrogens with zero attached hydrogens (tertiary/aromatic N) is 3. The van der Waals surface area contributed by atoms with Crippen molar-refractivity contribution in [1.29, 1.82) is 5.26 Å². The summed E-state index contributed by atoms with van der Waals surface area (Å²) in [4.78, 5) is 17.4. The van der Waals surface area contributed by atoms with Gasteiger partial charge in [-0.3, -0.25) is 4.79 Å². The second kappa shape index (κ2) is 7.43. The van der Waals surface area contributed by atoms with E-state index in [9.17, 15) is 4.79 Å². The predicted octanol–water partition coefficient (Wildman–Crippen LogP) is 4.82. The average molecular weight is 437 g/mol. The van der Waals surface area contributed by atoms with Crippen molar-refractivity contribution in [2.24, 2.45) is 4.99 Å². The van der Waals surface area contributed by atoms with Gasteiger partial charge in [-0.25, -0.2) is 4.99 Å². The van der Waals surface area contributed by atoms with Crippen LogP contribution in [-0.2, 0) is 11.3 Å². The number of aliphatic imine (C=N–C) groups is 1. The second-order valence-electron chi connectivity index (χ2n) is 5.85. The fourth-order valence-electron chi connectivity index (χ4n) is 2.85. The quantitative estimate of drug-likeness (QED) is 0.598. The summed E-state index contributed by atoms with van der Waals surface area (Å²) in [5, 5.41) is 13.4. The Morgan fingerprint density at radius 3 is 2.78 bits per heavy atom. The molecule has 0 spiro atoms. The van der Waals surface area contributed by atoms with Crippen LogP contribution in [0.4, 0.5) is 5.69 Å². The summed E-state index contributed by atoms with van der Waals surface area (Å²) < 4.78 is 2.86. The summed E-state index contributed by atoms with van der Waals surface area (Å²) in [6.07, 6.45) is 3.75. The Hall–Kier alpha value is -2.82. The summed E-state index contributed by atoms with van der Waals surface area (Å²) in [5.74, 6) is -0.173. The number of aromatic nitrogens is 1. The van der Waals surface area contributed by atoms with Crippen molar-refractivity contribution in [1.82, 2.24) is 9.88 Å². The minimum Gasteiger partial charge on any atom is -0.333 e. The predicted molar refractivity (Wildman–Crippen MR) is 112 cm³/mol. The number of para-hydroxylation sites is 1. The lowest BCUT2D eigenvalue weighted by atomic mass is 10.1. The molecule has 132 valence electrons. The number of halogens is 1. The van der Waals surface area contributed by atoms with Gasteiger partial charge in [0.25, 0.3) is 5.91 Å². The number of hydrogen-bond donors (Lipinski definition) is 1. The zero-order valence-corrected chi connectivity index (χ0v) is 16.4. The lowest BCUT2D eigenvalue weighted by Gasteiger charge is -1.96. The lowest BCUT2D eigenvalue weighted by Crippen LogP contribution is -2.19. The van der Waals surface area contributed by atoms with Crippen molar-refractivity contribution >= 4 is 61.4 Å². The minimum atomic E-state index is -0.173. The molecule has 1 N–H and O–H groups in total. The number of nitriles is 1. The molecule has 27 heavy (non-hydrogen) atoms. The first-order valence-corrected chi connectivity index (χ1v) is 9.75. The molecule has 7 heteroatoms. The van der Waals surface area contributed by atoms with Gasteiger partial charge in [0.2, 0.25) is 0 Å². The van der Waals surface area contributed by atoms with E-state index in [1.807, 2.05) is 65.4 Å². The molecular formula is C20H13BrN4OS. The molecule has 1 amide bonds. The minimum absolute atomic E-state index is 0.173. The molecule has 3 aromatic rings. The van der Waals surface area contributed by atoms with Crippen LogP contribution in [0.1, 0.15) is 5.56 Å². The first-order valence-electron chi connectivity index (χ1n) is 8.14. The number of benzene rings is 2. The van der Waals surface area contributed by atoms with Crippen LogP contribution in [0.3, 0.4) is 0 Å². The highest BCUT2D eigenvalue weighted by atomic mass is 79.9. The summed E-state index contributed by atoms with van der Waals surface area (Å²) in [6, 6.07) is 17.6. The van der Waals surface area contributed by atoms with Gasteiger partial charge in [0.1, 0.15) is 6.54 Å². The first kappa shape index (κ1) is 17.6. The number of nitrogens with one attached hydrogen (secondary N) is 1. The SMILES string of the molecule is N#CCn1cc(C=C2SC(=Nc3ccc(Br)cc3)NC2=O)c2ccccc21. The molecule has 0 saturated carbocycles. The average Bonchev–Trinajstić information content (AvgIpc) is 3.19. The van der Waals surface area contributed by atoms with E-state index >= 15 is 0 Å². The maximum Gasteiger partial charge on any atom is 0.264 e. The van der Waals surface area contributed by atoms with Gasteiger partial charge in [-0.15, -0.1) is 0 Å². The molecule has 5 nitrogen and oxygen atoms in total. The smallest absolute Gasteiger partial charge is 0.264 e. The molecule has 1 aliphatic heterocycles. The Labute approximate surface area is 168 Å². The summed E-state index contributed by atoms with van der Waals surface area (Å²) >= 11 is 4.70. The van der Waals surface area contributed by atoms with Crippen molar-refractivity contribution in [2.45, 2.75) is 6.54 Å². The molecule has 0 bridgehead atoms. The number of carbonyl (C=O) groups is 1. The molecule has 1 aliphatic rings. The molecule has 0 unspecified atom stereocenters. The monoisotopic (exact) mass is 436 g/mol. The Morgan fingerprint density at radius 1 is 1.22 bits per heavy atom. The number of carbonyl (C=O) groups excluding carboxylic acids is 1. The van der Waals surface area contributed by atoms with E-state index < -0.39 is 0 Å². The number of amidine groups is 1. The first-order chi connectivity index (χ1) is 13.1. The van der Waals surface area contributed by atoms with Crippen LogP contribution in [0.15, 0.2) is 69.1 Å². The van der Waals surface area contributed by atoms with Crippen LogP contribution in [-0.4, -0.2) is 15.6 Å². The fourth-order valence-corrected chi connectivity index (χ4v) is 3.95. The van der Waals surface area contributed by atoms with Crippen molar-refractivity contribution < 1.29 is 4.79 Å². The Morgan fingerprint density at radius 2 is 2.00 bits per heavy atom. The molecule has 1 saturated heterocycles. The van der Waals surface area contributed by atoms with Crippen molar-refractivity contribution in [3.63, 3.8) is 0 Å². The Balaban J connectivity index is 1.67. The van der Waals surface area contributed by atoms with Gasteiger partial charge in [0.05, 0.1) is 16.7 Å². The highest BCUT2D eigenvalue weighted by molar-refractivity contribution is 9.10. The summed E-state index contributed by atoms with van der Waals surface area (Å²) in [5.41, 5.74) is 2.65. The third-order valence-electron chi connectivity index (χ3n) is 4.06. The molecule has 0 radical (unpaired) electrons. The number of amides is 1. The van der Waals surface area contributed by atoms with Crippen LogP contribution in [0.5, 0.6) is 0 Å². The normalized spacial score (nSPS) is 16.8. The van der Waals surface area contributed by atoms with Gasteiger partial charge in [-0.2, -0.15) is 5.26 Å². The third-order valence-corrected chi connectivity index (χ3v) is 5.49. The maximum absolute atomic E-state index is 12.4. The van der Waals surface area contributed by atoms with Crippen LogP contribution >= 0.6 is 27.7 Å². The molecule has 2 aromatic carbocycles. The standard InChI is InChI=1S/C20H13BrN4OS/c21-14-5-7-15(8-6-14)23-20-24-19(26)18(27-20)11-13-12-25(10-9-22)17-4-2-1-3-16(13)17/h1-8,11-12H,10H2,(H,23,24,26). The molecule has 0 aliphatic carbocycles. The number of thioether (sulfide) groups is 1. The van der Waals surface area contributed by atoms with Crippen molar-refractivity contribution in [3.05, 3.63) is 69.7 Å². The van der Waals surface area contributed by atoms with E-state index in [1.54, 1.807) is 0 Å². The Bertz CT molecular complexity index is 1140. The second-order valence-corrected chi connectivity index (χ2v) is 7.79. The van der Waals surface area contributed by atoms with Crippen molar-refractivity contribution in [2.75, 3.05) is 0 Å². The van der Waals surface area contributed by atoms with Gasteiger partial charge in [-0.05, 0) is 48.2 Å². The van der Waals surface area contributed by atoms with Crippen LogP contribution in [0, 0.1) is 11.3 Å². The van der Waals surface area contributed by atoms with Gasteiger partial charge in [0, 0.05) is 27.1 Å². The zero-order chi connectivity index (χ0) is 18.8. The number of fused-ring (bicyclic) bond motifs is 1. The van der Waals surface area contributed by atoms with E-state index in [-0.39, 0.29) is 12.5 Å². The molecular weight excluding hydrogens is 424 g/mol. The lowest BCUT2D eigenvalue weighted by molar-refractivity contribution is -0.115. The highest BCUT2D eigenvalue weighted by Gasteiger charge is 2.24. The zero-order valence-electron chi connectivity index (χ0n) is 14.0. The third kappa shape index (κ3) is 3.68. The van der Waals surface area contributed by atoms with E-state index in [4.69, 9.17) is 5.26 Å². The summed E-state index contributed by atoms with van der Waals surface area (Å²) in [7, 11) is 0. The van der Waals surface area contributed by atoms with E-state index in [0.29, 0.717) is 10.1 Å². The number of hydrogen-bond acceptors (Lipinski definition) is 4. The van der Waals surface area contributed by atoms with Crippen LogP contribution in [0.25, 0.3) is 17.0 Å². The topological polar surface area (TPSA) is 70.2 Å². The van der Waals surface area contributed by atoms with Gasteiger partial charge in [-0.1, -0.05) is 34.1 Å². The Kier molecular flexibility index (Phi) is 4.84. The van der Waals surface area contributed by atoms with Gasteiger partial charge >= 0.3 is 0 Å². The van der Waals surface area contributed by atoms with Crippen molar-refractivity contribution in [3.8, 4) is 6.07 Å². The van der Waals surface area contributed by atoms with Crippen LogP contribution in [0.2, 0.25) is 0 Å². The summed E-state index contributed by atoms with van der Waals surface area (Å²) in [6.45, 7) is 0.263. The van der Waals surface area contributed by atoms with E-state index in [0.717, 1.165) is 26.6 Å². The number of rotatable bonds is 3. The highest BCUT2D eigenvalue weighted by Crippen LogP contribution is 2.31. The van der Waals surface area contributed by atoms with Gasteiger partial charge in [0.15, 0.2) is 5.17 Å². The molecule has 4 rings (SSSR count). The molecule has 1 aromatic heterocycles. The molecule has 0 atom stereocenters. The fraction of sp³-hybridized carbons (Fsp3) is 0.0500. The molecule has 1 fully saturated rings. The van der Waals surface area contributed by atoms with E-state index in [2.05, 4.69) is 32.3 Å². The maximum atomic E-state index is 12.4. The molecule has 2 heterocycles. The van der Waals surface area contributed by atoms with Crippen LogP contribution < -0.4 is 5.32 Å². The van der Waals surface area contributed by atoms with E-state index in [1.165, 1.54) is 11.8 Å².